The second kappa shape index (κ2) is 8.98. The van der Waals surface area contributed by atoms with E-state index in [2.05, 4.69) is 12.1 Å². The van der Waals surface area contributed by atoms with Crippen molar-refractivity contribution >= 4 is 21.8 Å². The average molecular weight is 462 g/mol. The summed E-state index contributed by atoms with van der Waals surface area (Å²) in [6, 6.07) is 20.0. The molecule has 1 aromatic heterocycles. The number of hydrogen-bond donors (Lipinski definition) is 0. The highest BCUT2D eigenvalue weighted by atomic mass is 32.2. The summed E-state index contributed by atoms with van der Waals surface area (Å²) in [7, 11) is -3.05. The van der Waals surface area contributed by atoms with Crippen molar-refractivity contribution in [2.45, 2.75) is 37.9 Å². The van der Waals surface area contributed by atoms with Gasteiger partial charge in [0.2, 0.25) is 5.91 Å². The van der Waals surface area contributed by atoms with Crippen molar-refractivity contribution in [3.8, 4) is 11.3 Å². The van der Waals surface area contributed by atoms with E-state index in [4.69, 9.17) is 5.10 Å². The van der Waals surface area contributed by atoms with E-state index < -0.39 is 9.84 Å². The van der Waals surface area contributed by atoms with Gasteiger partial charge in [-0.05, 0) is 30.9 Å². The first-order valence-corrected chi connectivity index (χ1v) is 13.2. The van der Waals surface area contributed by atoms with Gasteiger partial charge in [-0.2, -0.15) is 5.10 Å². The van der Waals surface area contributed by atoms with Crippen LogP contribution in [0.4, 0.5) is 0 Å². The lowest BCUT2D eigenvalue weighted by molar-refractivity contribution is -0.128. The van der Waals surface area contributed by atoms with Crippen LogP contribution >= 0.6 is 0 Å². The second-order valence-electron chi connectivity index (χ2n) is 8.85. The van der Waals surface area contributed by atoms with E-state index in [1.807, 2.05) is 65.5 Å². The summed E-state index contributed by atoms with van der Waals surface area (Å²) in [5, 5.41) is 4.80. The maximum Gasteiger partial charge on any atom is 0.247 e. The van der Waals surface area contributed by atoms with Gasteiger partial charge in [0, 0.05) is 35.5 Å². The topological polar surface area (TPSA) is 72.3 Å². The van der Waals surface area contributed by atoms with Crippen LogP contribution in [-0.4, -0.2) is 52.6 Å². The van der Waals surface area contributed by atoms with E-state index in [1.165, 1.54) is 0 Å². The first-order valence-electron chi connectivity index (χ1n) is 11.4. The Bertz CT molecular complexity index is 1260. The standard InChI is InChI=1S/C26H27N3O3S/c30-25(29(23-12-13-23)24-15-16-33(31,32)19-24)14-11-22-18-28(17-20-7-3-1-4-8-20)27-26(22)21-9-5-2-6-10-21/h1-11,14,18,23-24H,12-13,15-17,19H2. The molecule has 2 aromatic carbocycles. The van der Waals surface area contributed by atoms with Gasteiger partial charge in [-0.25, -0.2) is 8.42 Å². The van der Waals surface area contributed by atoms with Crippen molar-refractivity contribution in [1.29, 1.82) is 0 Å². The molecule has 1 unspecified atom stereocenters. The van der Waals surface area contributed by atoms with E-state index in [0.29, 0.717) is 13.0 Å². The Labute approximate surface area is 194 Å². The molecule has 33 heavy (non-hydrogen) atoms. The van der Waals surface area contributed by atoms with Gasteiger partial charge in [0.05, 0.1) is 23.7 Å². The third kappa shape index (κ3) is 5.09. The number of amides is 1. The lowest BCUT2D eigenvalue weighted by Gasteiger charge is -2.27. The van der Waals surface area contributed by atoms with Crippen molar-refractivity contribution in [2.24, 2.45) is 0 Å². The number of nitrogens with zero attached hydrogens (tertiary/aromatic N) is 3. The van der Waals surface area contributed by atoms with Crippen molar-refractivity contribution in [3.05, 3.63) is 84.1 Å². The molecule has 2 fully saturated rings. The zero-order valence-electron chi connectivity index (χ0n) is 18.4. The summed E-state index contributed by atoms with van der Waals surface area (Å²) < 4.78 is 25.8. The monoisotopic (exact) mass is 461 g/mol. The molecule has 1 aliphatic heterocycles. The third-order valence-corrected chi connectivity index (χ3v) is 7.98. The summed E-state index contributed by atoms with van der Waals surface area (Å²) in [5.41, 5.74) is 3.81. The Hall–Kier alpha value is -3.19. The van der Waals surface area contributed by atoms with Crippen molar-refractivity contribution in [3.63, 3.8) is 0 Å². The summed E-state index contributed by atoms with van der Waals surface area (Å²) in [5.74, 6) is 0.129. The fraction of sp³-hybridized carbons (Fsp3) is 0.308. The Morgan fingerprint density at radius 2 is 1.70 bits per heavy atom. The normalized spacial score (nSPS) is 19.7. The first-order chi connectivity index (χ1) is 16.0. The van der Waals surface area contributed by atoms with E-state index in [-0.39, 0.29) is 29.5 Å². The number of sulfone groups is 1. The molecule has 0 N–H and O–H groups in total. The Morgan fingerprint density at radius 1 is 1.00 bits per heavy atom. The number of carbonyl (C=O) groups is 1. The molecular weight excluding hydrogens is 434 g/mol. The molecule has 1 aliphatic carbocycles. The number of hydrogen-bond acceptors (Lipinski definition) is 4. The number of rotatable bonds is 7. The first kappa shape index (κ1) is 21.6. The van der Waals surface area contributed by atoms with E-state index in [1.54, 1.807) is 11.0 Å². The van der Waals surface area contributed by atoms with Crippen LogP contribution in [0.25, 0.3) is 17.3 Å². The minimum absolute atomic E-state index is 0.0767. The molecule has 3 aromatic rings. The highest BCUT2D eigenvalue weighted by molar-refractivity contribution is 7.91. The molecule has 7 heteroatoms. The summed E-state index contributed by atoms with van der Waals surface area (Å²) in [4.78, 5) is 15.0. The molecule has 170 valence electrons. The van der Waals surface area contributed by atoms with Crippen LogP contribution in [0.2, 0.25) is 0 Å². The minimum Gasteiger partial charge on any atom is -0.332 e. The molecule has 0 bridgehead atoms. The van der Waals surface area contributed by atoms with Gasteiger partial charge in [-0.1, -0.05) is 60.7 Å². The van der Waals surface area contributed by atoms with Crippen LogP contribution < -0.4 is 0 Å². The Balaban J connectivity index is 1.42. The largest absolute Gasteiger partial charge is 0.332 e. The van der Waals surface area contributed by atoms with Crippen molar-refractivity contribution < 1.29 is 13.2 Å². The molecule has 0 spiro atoms. The molecule has 1 atom stereocenters. The fourth-order valence-electron chi connectivity index (χ4n) is 4.48. The van der Waals surface area contributed by atoms with E-state index in [0.717, 1.165) is 35.2 Å². The number of aromatic nitrogens is 2. The molecule has 1 saturated heterocycles. The fourth-order valence-corrected chi connectivity index (χ4v) is 6.19. The van der Waals surface area contributed by atoms with Crippen LogP contribution in [0, 0.1) is 0 Å². The molecule has 2 aliphatic rings. The van der Waals surface area contributed by atoms with Gasteiger partial charge >= 0.3 is 0 Å². The lowest BCUT2D eigenvalue weighted by atomic mass is 10.1. The van der Waals surface area contributed by atoms with Gasteiger partial charge < -0.3 is 4.90 Å². The minimum atomic E-state index is -3.05. The molecule has 6 nitrogen and oxygen atoms in total. The number of carbonyl (C=O) groups excluding carboxylic acids is 1. The molecular formula is C26H27N3O3S. The highest BCUT2D eigenvalue weighted by Gasteiger charge is 2.41. The number of benzene rings is 2. The summed E-state index contributed by atoms with van der Waals surface area (Å²) in [6.07, 6.45) is 7.78. The van der Waals surface area contributed by atoms with Crippen LogP contribution in [0.5, 0.6) is 0 Å². The summed E-state index contributed by atoms with van der Waals surface area (Å²) >= 11 is 0. The third-order valence-electron chi connectivity index (χ3n) is 6.23. The smallest absolute Gasteiger partial charge is 0.247 e. The van der Waals surface area contributed by atoms with Crippen LogP contribution in [0.15, 0.2) is 72.9 Å². The predicted molar refractivity (Wildman–Crippen MR) is 129 cm³/mol. The zero-order chi connectivity index (χ0) is 22.8. The highest BCUT2D eigenvalue weighted by Crippen LogP contribution is 2.33. The Morgan fingerprint density at radius 3 is 2.33 bits per heavy atom. The van der Waals surface area contributed by atoms with Gasteiger partial charge in [0.15, 0.2) is 9.84 Å². The predicted octanol–water partition coefficient (Wildman–Crippen LogP) is 3.79. The molecule has 5 rings (SSSR count). The summed E-state index contributed by atoms with van der Waals surface area (Å²) in [6.45, 7) is 0.636. The van der Waals surface area contributed by atoms with E-state index >= 15 is 0 Å². The van der Waals surface area contributed by atoms with Crippen LogP contribution in [-0.2, 0) is 21.2 Å². The average Bonchev–Trinajstić information content (AvgIpc) is 3.46. The van der Waals surface area contributed by atoms with Gasteiger partial charge in [0.1, 0.15) is 0 Å². The van der Waals surface area contributed by atoms with E-state index in [9.17, 15) is 13.2 Å². The van der Waals surface area contributed by atoms with Crippen molar-refractivity contribution in [1.82, 2.24) is 14.7 Å². The van der Waals surface area contributed by atoms with Crippen LogP contribution in [0.3, 0.4) is 0 Å². The maximum absolute atomic E-state index is 13.2. The Kier molecular flexibility index (Phi) is 5.89. The van der Waals surface area contributed by atoms with Gasteiger partial charge in [-0.15, -0.1) is 0 Å². The molecule has 1 amide bonds. The molecule has 1 saturated carbocycles. The lowest BCUT2D eigenvalue weighted by Crippen LogP contribution is -2.41. The van der Waals surface area contributed by atoms with Gasteiger partial charge in [-0.3, -0.25) is 9.48 Å². The van der Waals surface area contributed by atoms with Gasteiger partial charge in [0.25, 0.3) is 0 Å². The quantitative estimate of drug-likeness (QED) is 0.502. The van der Waals surface area contributed by atoms with Crippen LogP contribution in [0.1, 0.15) is 30.4 Å². The zero-order valence-corrected chi connectivity index (χ0v) is 19.2. The van der Waals surface area contributed by atoms with Crippen molar-refractivity contribution in [2.75, 3.05) is 11.5 Å². The molecule has 2 heterocycles. The second-order valence-corrected chi connectivity index (χ2v) is 11.1. The SMILES string of the molecule is O=C(C=Cc1cn(Cc2ccccc2)nc1-c1ccccc1)N(C1CC1)C1CCS(=O)(=O)C1. The maximum atomic E-state index is 13.2. The molecule has 0 radical (unpaired) electrons.